The van der Waals surface area contributed by atoms with Crippen LogP contribution in [-0.2, 0) is 0 Å². The fraction of sp³-hybridized carbons (Fsp3) is 0.111. The molecule has 1 aromatic carbocycles. The van der Waals surface area contributed by atoms with Gasteiger partial charge >= 0.3 is 0 Å². The molecule has 8 heteroatoms. The van der Waals surface area contributed by atoms with Crippen LogP contribution >= 0.6 is 43.5 Å². The van der Waals surface area contributed by atoms with Crippen LogP contribution in [0.3, 0.4) is 0 Å². The second-order valence-corrected chi connectivity index (χ2v) is 5.19. The van der Waals surface area contributed by atoms with E-state index in [1.165, 1.54) is 0 Å². The number of halogens is 3. The van der Waals surface area contributed by atoms with Crippen molar-refractivity contribution < 1.29 is 0 Å². The Bertz CT molecular complexity index is 509. The van der Waals surface area contributed by atoms with E-state index in [-0.39, 0.29) is 11.9 Å². The van der Waals surface area contributed by atoms with Gasteiger partial charge in [-0.1, -0.05) is 11.6 Å². The van der Waals surface area contributed by atoms with Crippen LogP contribution in [0.4, 0.5) is 5.69 Å². The average Bonchev–Trinajstić information content (AvgIpc) is 2.20. The molecule has 0 unspecified atom stereocenters. The molecule has 0 saturated heterocycles. The first-order valence-electron chi connectivity index (χ1n) is 4.40. The van der Waals surface area contributed by atoms with Crippen LogP contribution in [0.5, 0.6) is 0 Å². The second-order valence-electron chi connectivity index (χ2n) is 3.13. The van der Waals surface area contributed by atoms with Crippen LogP contribution in [0.2, 0.25) is 5.02 Å². The second kappa shape index (κ2) is 5.70. The summed E-state index contributed by atoms with van der Waals surface area (Å²) in [6.07, 6.45) is 0. The van der Waals surface area contributed by atoms with Gasteiger partial charge in [0.25, 0.3) is 0 Å². The minimum Gasteiger partial charge on any atom is -0.370 e. The lowest BCUT2D eigenvalue weighted by atomic mass is 10.2. The number of hydrogen-bond donors (Lipinski definition) is 3. The van der Waals surface area contributed by atoms with Crippen LogP contribution < -0.4 is 17.2 Å². The van der Waals surface area contributed by atoms with Gasteiger partial charge in [-0.2, -0.15) is 4.99 Å². The molecule has 0 amide bonds. The molecule has 0 aliphatic rings. The van der Waals surface area contributed by atoms with Crippen molar-refractivity contribution in [3.63, 3.8) is 0 Å². The standard InChI is InChI=1S/C9H10Br2ClN5/c1-3-5(12)2-4(10)7(6(3)11)16-9(15)17-8(13)14/h2H,1H3,(H6,13,14,15,16,17). The first-order chi connectivity index (χ1) is 7.82. The van der Waals surface area contributed by atoms with Crippen LogP contribution in [0.1, 0.15) is 5.56 Å². The van der Waals surface area contributed by atoms with E-state index in [1.807, 2.05) is 6.92 Å². The monoisotopic (exact) mass is 381 g/mol. The van der Waals surface area contributed by atoms with Crippen LogP contribution in [-0.4, -0.2) is 11.9 Å². The minimum atomic E-state index is -0.149. The van der Waals surface area contributed by atoms with E-state index in [1.54, 1.807) is 6.07 Å². The van der Waals surface area contributed by atoms with Gasteiger partial charge in [0.15, 0.2) is 5.96 Å². The van der Waals surface area contributed by atoms with Crippen molar-refractivity contribution >= 4 is 61.1 Å². The molecule has 0 aliphatic heterocycles. The van der Waals surface area contributed by atoms with Crippen molar-refractivity contribution in [3.8, 4) is 0 Å². The first kappa shape index (κ1) is 14.3. The molecular formula is C9H10Br2ClN5. The van der Waals surface area contributed by atoms with Gasteiger partial charge in [-0.05, 0) is 50.4 Å². The van der Waals surface area contributed by atoms with Gasteiger partial charge in [0.2, 0.25) is 5.96 Å². The lowest BCUT2D eigenvalue weighted by Gasteiger charge is -2.07. The summed E-state index contributed by atoms with van der Waals surface area (Å²) in [6.45, 7) is 1.86. The fourth-order valence-corrected chi connectivity index (χ4v) is 2.80. The molecule has 0 fully saturated rings. The quantitative estimate of drug-likeness (QED) is 0.512. The molecular weight excluding hydrogens is 373 g/mol. The highest BCUT2D eigenvalue weighted by molar-refractivity contribution is 9.11. The molecule has 0 aromatic heterocycles. The van der Waals surface area contributed by atoms with Gasteiger partial charge in [0.05, 0.1) is 5.69 Å². The van der Waals surface area contributed by atoms with Gasteiger partial charge < -0.3 is 17.2 Å². The van der Waals surface area contributed by atoms with E-state index in [2.05, 4.69) is 41.8 Å². The van der Waals surface area contributed by atoms with Gasteiger partial charge in [-0.25, -0.2) is 4.99 Å². The van der Waals surface area contributed by atoms with Crippen molar-refractivity contribution in [2.24, 2.45) is 27.2 Å². The summed E-state index contributed by atoms with van der Waals surface area (Å²) in [5.74, 6) is -0.183. The van der Waals surface area contributed by atoms with Crippen molar-refractivity contribution in [1.82, 2.24) is 0 Å². The Morgan fingerprint density at radius 2 is 1.88 bits per heavy atom. The number of aliphatic imine (C=N–C) groups is 2. The van der Waals surface area contributed by atoms with Gasteiger partial charge in [-0.3, -0.25) is 0 Å². The Hall–Kier alpha value is -0.790. The lowest BCUT2D eigenvalue weighted by molar-refractivity contribution is 1.33. The maximum atomic E-state index is 6.00. The summed E-state index contributed by atoms with van der Waals surface area (Å²) in [4.78, 5) is 7.73. The molecule has 0 atom stereocenters. The maximum Gasteiger partial charge on any atom is 0.223 e. The highest BCUT2D eigenvalue weighted by Crippen LogP contribution is 2.39. The number of nitrogens with two attached hydrogens (primary N) is 3. The lowest BCUT2D eigenvalue weighted by Crippen LogP contribution is -2.26. The molecule has 1 aromatic rings. The number of benzene rings is 1. The Labute approximate surface area is 120 Å². The predicted molar refractivity (Wildman–Crippen MR) is 78.7 cm³/mol. The van der Waals surface area contributed by atoms with Gasteiger partial charge in [0.1, 0.15) is 0 Å². The smallest absolute Gasteiger partial charge is 0.223 e. The van der Waals surface area contributed by atoms with Crippen LogP contribution in [0.15, 0.2) is 25.0 Å². The van der Waals surface area contributed by atoms with Crippen molar-refractivity contribution in [1.29, 1.82) is 0 Å². The van der Waals surface area contributed by atoms with Crippen molar-refractivity contribution in [3.05, 3.63) is 25.6 Å². The number of hydrogen-bond acceptors (Lipinski definition) is 1. The SMILES string of the molecule is Cc1c(Cl)cc(Br)c(N=C(N)N=C(N)N)c1Br. The van der Waals surface area contributed by atoms with E-state index in [0.29, 0.717) is 15.2 Å². The summed E-state index contributed by atoms with van der Waals surface area (Å²) in [5.41, 5.74) is 17.4. The van der Waals surface area contributed by atoms with Crippen LogP contribution in [0.25, 0.3) is 0 Å². The third-order valence-electron chi connectivity index (χ3n) is 1.85. The molecule has 17 heavy (non-hydrogen) atoms. The highest BCUT2D eigenvalue weighted by atomic mass is 79.9. The Balaban J connectivity index is 3.34. The molecule has 5 nitrogen and oxygen atoms in total. The van der Waals surface area contributed by atoms with Crippen molar-refractivity contribution in [2.75, 3.05) is 0 Å². The molecule has 1 rings (SSSR count). The van der Waals surface area contributed by atoms with Crippen molar-refractivity contribution in [2.45, 2.75) is 6.92 Å². The fourth-order valence-electron chi connectivity index (χ4n) is 1.05. The largest absolute Gasteiger partial charge is 0.370 e. The van der Waals surface area contributed by atoms with Gasteiger partial charge in [0, 0.05) is 14.0 Å². The Kier molecular flexibility index (Phi) is 4.79. The van der Waals surface area contributed by atoms with E-state index < -0.39 is 0 Å². The molecule has 0 spiro atoms. The molecule has 0 aliphatic carbocycles. The normalized spacial score (nSPS) is 11.4. The Morgan fingerprint density at radius 1 is 1.29 bits per heavy atom. The summed E-state index contributed by atoms with van der Waals surface area (Å²) in [5, 5.41) is 0.614. The predicted octanol–water partition coefficient (Wildman–Crippen LogP) is 2.39. The molecule has 0 saturated carbocycles. The van der Waals surface area contributed by atoms with E-state index in [4.69, 9.17) is 28.8 Å². The number of nitrogens with zero attached hydrogens (tertiary/aromatic N) is 2. The zero-order chi connectivity index (χ0) is 13.2. The molecule has 6 N–H and O–H groups in total. The summed E-state index contributed by atoms with van der Waals surface area (Å²) in [6, 6.07) is 1.73. The summed E-state index contributed by atoms with van der Waals surface area (Å²) < 4.78 is 1.42. The first-order valence-corrected chi connectivity index (χ1v) is 6.37. The van der Waals surface area contributed by atoms with Gasteiger partial charge in [-0.15, -0.1) is 0 Å². The summed E-state index contributed by atoms with van der Waals surface area (Å²) in [7, 11) is 0. The molecule has 0 radical (unpaired) electrons. The van der Waals surface area contributed by atoms with E-state index in [9.17, 15) is 0 Å². The highest BCUT2D eigenvalue weighted by Gasteiger charge is 2.11. The summed E-state index contributed by atoms with van der Waals surface area (Å²) >= 11 is 12.7. The third-order valence-corrected chi connectivity index (χ3v) is 3.81. The number of guanidine groups is 2. The maximum absolute atomic E-state index is 6.00. The molecule has 92 valence electrons. The topological polar surface area (TPSA) is 103 Å². The van der Waals surface area contributed by atoms with Crippen LogP contribution in [0, 0.1) is 6.92 Å². The minimum absolute atomic E-state index is 0.0341. The zero-order valence-electron chi connectivity index (χ0n) is 8.84. The number of rotatable bonds is 1. The third kappa shape index (κ3) is 3.58. The van der Waals surface area contributed by atoms with E-state index >= 15 is 0 Å². The van der Waals surface area contributed by atoms with E-state index in [0.717, 1.165) is 10.0 Å². The Morgan fingerprint density at radius 3 is 2.41 bits per heavy atom. The molecule has 0 bridgehead atoms. The average molecular weight is 383 g/mol. The molecule has 0 heterocycles. The zero-order valence-corrected chi connectivity index (χ0v) is 12.8.